The summed E-state index contributed by atoms with van der Waals surface area (Å²) in [5.74, 6) is -1.33. The van der Waals surface area contributed by atoms with Crippen molar-refractivity contribution in [3.05, 3.63) is 144 Å². The van der Waals surface area contributed by atoms with Crippen molar-refractivity contribution in [2.75, 3.05) is 152 Å². The zero-order valence-electron chi connectivity index (χ0n) is 52.8. The van der Waals surface area contributed by atoms with Crippen molar-refractivity contribution in [3.8, 4) is 0 Å². The molecule has 4 aromatic carbocycles. The molecule has 92 heavy (non-hydrogen) atoms. The van der Waals surface area contributed by atoms with E-state index in [0.29, 0.717) is 98.2 Å². The van der Waals surface area contributed by atoms with Crippen LogP contribution in [0.25, 0.3) is 0 Å². The van der Waals surface area contributed by atoms with Gasteiger partial charge in [-0.1, -0.05) is 121 Å². The number of benzene rings is 4. The first-order valence-corrected chi connectivity index (χ1v) is 30.6. The van der Waals surface area contributed by atoms with Crippen molar-refractivity contribution in [2.45, 2.75) is 58.5 Å². The van der Waals surface area contributed by atoms with Gasteiger partial charge >= 0.3 is 36.3 Å². The van der Waals surface area contributed by atoms with Crippen LogP contribution in [0.1, 0.15) is 54.4 Å². The average Bonchev–Trinajstić information content (AvgIpc) is 1.72. The summed E-state index contributed by atoms with van der Waals surface area (Å²) in [5.41, 5.74) is 3.87. The minimum absolute atomic E-state index is 0.0228. The van der Waals surface area contributed by atoms with E-state index in [9.17, 15) is 43.2 Å². The topological polar surface area (TPSA) is 314 Å². The molecule has 0 aliphatic carbocycles. The fourth-order valence-corrected chi connectivity index (χ4v) is 8.88. The molecule has 0 radical (unpaired) electrons. The number of piperazine rings is 4. The lowest BCUT2D eigenvalue weighted by Gasteiger charge is -2.34. The number of hydrogen-bond acceptors (Lipinski definition) is 19. The number of nitrogens with zero attached hydrogens (tertiary/aromatic N) is 7. The van der Waals surface area contributed by atoms with Crippen LogP contribution in [-0.2, 0) is 83.6 Å². The zero-order valence-corrected chi connectivity index (χ0v) is 52.8. The number of esters is 1. The van der Waals surface area contributed by atoms with E-state index in [-0.39, 0.29) is 120 Å². The quantitative estimate of drug-likeness (QED) is 0.0508. The Labute approximate surface area is 537 Å². The van der Waals surface area contributed by atoms with Gasteiger partial charge in [-0.25, -0.2) is 19.2 Å². The SMILES string of the molecule is COC(=O)CCOCCC(=O)N1CCN(C(=O)OCc2ccccc2)CC1.COCCC(=O)N1CCN(C(=O)OCc2ccccc2)CC1.O=C(CCO)N1CCN(C(=O)OCc2ccccc2)CC1.O=C(O)CCO.O=C(OCc1ccccc1)N1CCNCC1. The number of hydrogen-bond donors (Lipinski definition) is 4. The molecule has 4 aliphatic heterocycles. The van der Waals surface area contributed by atoms with Crippen LogP contribution in [0.4, 0.5) is 19.2 Å². The molecule has 8 rings (SSSR count). The zero-order chi connectivity index (χ0) is 66.6. The maximum Gasteiger partial charge on any atom is 0.410 e. The fourth-order valence-electron chi connectivity index (χ4n) is 8.88. The molecule has 27 heteroatoms. The highest BCUT2D eigenvalue weighted by atomic mass is 16.6. The number of aliphatic hydroxyl groups is 2. The molecule has 4 heterocycles. The highest BCUT2D eigenvalue weighted by Gasteiger charge is 2.28. The fraction of sp³-hybridized carbons (Fsp3) is 0.492. The molecule has 4 N–H and O–H groups in total. The van der Waals surface area contributed by atoms with Crippen molar-refractivity contribution in [1.82, 2.24) is 39.6 Å². The second-order valence-electron chi connectivity index (χ2n) is 20.8. The maximum absolute atomic E-state index is 12.2. The van der Waals surface area contributed by atoms with Crippen LogP contribution < -0.4 is 5.32 Å². The van der Waals surface area contributed by atoms with E-state index in [0.717, 1.165) is 48.4 Å². The summed E-state index contributed by atoms with van der Waals surface area (Å²) in [6, 6.07) is 38.3. The van der Waals surface area contributed by atoms with E-state index in [2.05, 4.69) is 10.1 Å². The molecule has 7 amide bonds. The molecular weight excluding hydrogens is 1200 g/mol. The van der Waals surface area contributed by atoms with Crippen molar-refractivity contribution >= 4 is 54.0 Å². The second-order valence-corrected chi connectivity index (χ2v) is 20.8. The number of aliphatic hydroxyl groups excluding tert-OH is 2. The smallest absolute Gasteiger partial charge is 0.410 e. The summed E-state index contributed by atoms with van der Waals surface area (Å²) in [6.07, 6.45) is -0.468. The number of carbonyl (C=O) groups excluding carboxylic acids is 8. The lowest BCUT2D eigenvalue weighted by atomic mass is 10.2. The number of methoxy groups -OCH3 is 2. The molecule has 0 atom stereocenters. The number of rotatable bonds is 21. The summed E-state index contributed by atoms with van der Waals surface area (Å²) in [7, 11) is 2.90. The molecule has 0 spiro atoms. The molecule has 0 unspecified atom stereocenters. The highest BCUT2D eigenvalue weighted by molar-refractivity contribution is 5.78. The second kappa shape index (κ2) is 45.4. The molecule has 4 aromatic rings. The summed E-state index contributed by atoms with van der Waals surface area (Å²) >= 11 is 0. The van der Waals surface area contributed by atoms with Crippen LogP contribution in [0.3, 0.4) is 0 Å². The van der Waals surface area contributed by atoms with Crippen molar-refractivity contribution in [2.24, 2.45) is 0 Å². The Hall–Kier alpha value is -8.89. The summed E-state index contributed by atoms with van der Waals surface area (Å²) in [5, 5.41) is 27.6. The van der Waals surface area contributed by atoms with Gasteiger partial charge in [-0.15, -0.1) is 0 Å². The van der Waals surface area contributed by atoms with E-state index in [1.54, 1.807) is 41.4 Å². The normalized spacial score (nSPS) is 14.3. The monoisotopic (exact) mass is 1290 g/mol. The predicted molar refractivity (Wildman–Crippen MR) is 335 cm³/mol. The highest BCUT2D eigenvalue weighted by Crippen LogP contribution is 2.12. The Morgan fingerprint density at radius 2 is 0.652 bits per heavy atom. The number of carboxylic acids is 1. The molecule has 504 valence electrons. The van der Waals surface area contributed by atoms with E-state index in [4.69, 9.17) is 43.7 Å². The average molecular weight is 1290 g/mol. The minimum Gasteiger partial charge on any atom is -0.481 e. The Bertz CT molecular complexity index is 2760. The standard InChI is InChI=1S/C19H26N2O6.C16H22N2O4.C15H20N2O4.C12H16N2O2.C3H6O3/c1-25-18(23)8-14-26-13-7-17(22)20-9-11-21(12-10-20)19(24)27-15-16-5-3-2-4-6-16;1-21-12-7-15(19)17-8-10-18(11-9-17)16(20)22-13-14-5-3-2-4-6-14;18-11-6-14(19)16-7-9-17(10-8-16)15(20)21-12-13-4-2-1-3-5-13;15-12(14-8-6-13-7-9-14)16-10-11-4-2-1-3-5-11;4-2-1-3(5)6/h2-6H,7-15H2,1H3;2-6H,7-13H2,1H3;1-5,18H,6-12H2;1-5,13H,6-10H2;4H,1-2H2,(H,5,6). The largest absolute Gasteiger partial charge is 0.481 e. The molecule has 27 nitrogen and oxygen atoms in total. The minimum atomic E-state index is -0.961. The first kappa shape index (κ1) is 75.6. The lowest BCUT2D eigenvalue weighted by Crippen LogP contribution is -2.50. The van der Waals surface area contributed by atoms with Crippen LogP contribution in [0, 0.1) is 0 Å². The first-order chi connectivity index (χ1) is 44.6. The Morgan fingerprint density at radius 3 is 0.935 bits per heavy atom. The summed E-state index contributed by atoms with van der Waals surface area (Å²) in [4.78, 5) is 115. The van der Waals surface area contributed by atoms with Gasteiger partial charge in [0.25, 0.3) is 0 Å². The number of carbonyl (C=O) groups is 9. The summed E-state index contributed by atoms with van der Waals surface area (Å²) < 4.78 is 35.8. The number of amides is 7. The van der Waals surface area contributed by atoms with E-state index < -0.39 is 5.97 Å². The number of carboxylic acid groups (broad SMARTS) is 1. The van der Waals surface area contributed by atoms with E-state index in [1.807, 2.05) is 121 Å². The lowest BCUT2D eigenvalue weighted by molar-refractivity contribution is -0.142. The summed E-state index contributed by atoms with van der Waals surface area (Å²) in [6.45, 7) is 10.6. The third kappa shape index (κ3) is 31.2. The third-order valence-electron chi connectivity index (χ3n) is 14.2. The van der Waals surface area contributed by atoms with Crippen LogP contribution in [0.15, 0.2) is 121 Å². The van der Waals surface area contributed by atoms with E-state index in [1.165, 1.54) is 7.11 Å². The third-order valence-corrected chi connectivity index (χ3v) is 14.2. The molecule has 0 aromatic heterocycles. The van der Waals surface area contributed by atoms with Gasteiger partial charge < -0.3 is 88.1 Å². The van der Waals surface area contributed by atoms with Gasteiger partial charge in [-0.3, -0.25) is 24.0 Å². The number of aliphatic carboxylic acids is 1. The van der Waals surface area contributed by atoms with Crippen LogP contribution in [0.2, 0.25) is 0 Å². The van der Waals surface area contributed by atoms with Gasteiger partial charge in [0.2, 0.25) is 17.7 Å². The Morgan fingerprint density at radius 1 is 0.370 bits per heavy atom. The van der Waals surface area contributed by atoms with Gasteiger partial charge in [0.1, 0.15) is 26.4 Å². The molecule has 0 bridgehead atoms. The number of nitrogens with one attached hydrogen (secondary N) is 1. The van der Waals surface area contributed by atoms with Crippen molar-refractivity contribution in [3.63, 3.8) is 0 Å². The molecule has 4 saturated heterocycles. The molecule has 0 saturated carbocycles. The van der Waals surface area contributed by atoms with Crippen LogP contribution in [0.5, 0.6) is 0 Å². The predicted octanol–water partition coefficient (Wildman–Crippen LogP) is 4.47. The van der Waals surface area contributed by atoms with Crippen LogP contribution >= 0.6 is 0 Å². The van der Waals surface area contributed by atoms with Gasteiger partial charge in [-0.2, -0.15) is 0 Å². The molecular formula is C65H90N8O19. The number of ether oxygens (including phenoxy) is 7. The van der Waals surface area contributed by atoms with Gasteiger partial charge in [0.05, 0.1) is 65.8 Å². The van der Waals surface area contributed by atoms with Crippen LogP contribution in [-0.4, -0.2) is 256 Å². The molecule has 4 fully saturated rings. The Kier molecular flexibility index (Phi) is 37.3. The van der Waals surface area contributed by atoms with Gasteiger partial charge in [-0.05, 0) is 22.3 Å². The van der Waals surface area contributed by atoms with Crippen molar-refractivity contribution in [1.29, 1.82) is 0 Å². The van der Waals surface area contributed by atoms with Gasteiger partial charge in [0, 0.05) is 118 Å². The maximum atomic E-state index is 12.2. The molecule has 4 aliphatic rings. The van der Waals surface area contributed by atoms with E-state index >= 15 is 0 Å². The van der Waals surface area contributed by atoms with Gasteiger partial charge in [0.15, 0.2) is 0 Å². The first-order valence-electron chi connectivity index (χ1n) is 30.6. The van der Waals surface area contributed by atoms with Crippen molar-refractivity contribution < 1.29 is 91.6 Å². The Balaban J connectivity index is 0.000000257.